The molecule has 0 aromatic heterocycles. The Balaban J connectivity index is 1.22. The zero-order valence-electron chi connectivity index (χ0n) is 21.3. The lowest BCUT2D eigenvalue weighted by molar-refractivity contribution is 0.0349. The van der Waals surface area contributed by atoms with Gasteiger partial charge in [-0.1, -0.05) is 29.8 Å². The number of carbonyl (C=O) groups excluding carboxylic acids is 2. The lowest BCUT2D eigenvalue weighted by Gasteiger charge is -2.50. The number of nitrogens with zero attached hydrogens (tertiary/aromatic N) is 3. The molecule has 0 aliphatic carbocycles. The van der Waals surface area contributed by atoms with Gasteiger partial charge in [-0.25, -0.2) is 4.79 Å². The number of piperazine rings is 1. The number of hydrogen-bond donors (Lipinski definition) is 1. The molecule has 2 fully saturated rings. The van der Waals surface area contributed by atoms with Gasteiger partial charge in [0.25, 0.3) is 5.91 Å². The Labute approximate surface area is 226 Å². The van der Waals surface area contributed by atoms with Crippen LogP contribution in [0, 0.1) is 0 Å². The Morgan fingerprint density at radius 3 is 2.50 bits per heavy atom. The monoisotopic (exact) mass is 532 g/mol. The third-order valence-electron chi connectivity index (χ3n) is 7.59. The number of benzene rings is 3. The van der Waals surface area contributed by atoms with Gasteiger partial charge in [0.15, 0.2) is 17.2 Å². The first-order chi connectivity index (χ1) is 18.4. The van der Waals surface area contributed by atoms with Crippen LogP contribution in [-0.2, 0) is 0 Å². The van der Waals surface area contributed by atoms with E-state index in [4.69, 9.17) is 21.1 Å². The van der Waals surface area contributed by atoms with Crippen molar-refractivity contribution in [3.05, 3.63) is 82.9 Å². The second kappa shape index (κ2) is 9.44. The van der Waals surface area contributed by atoms with E-state index in [9.17, 15) is 9.59 Å². The number of amides is 3. The summed E-state index contributed by atoms with van der Waals surface area (Å²) < 4.78 is 12.0. The molecule has 3 amide bonds. The van der Waals surface area contributed by atoms with Gasteiger partial charge >= 0.3 is 6.03 Å². The average Bonchev–Trinajstić information content (AvgIpc) is 2.92. The van der Waals surface area contributed by atoms with Crippen molar-refractivity contribution < 1.29 is 19.1 Å². The van der Waals surface area contributed by atoms with E-state index < -0.39 is 5.72 Å². The van der Waals surface area contributed by atoms with Crippen LogP contribution in [0.2, 0.25) is 5.02 Å². The van der Waals surface area contributed by atoms with Crippen LogP contribution in [0.5, 0.6) is 11.5 Å². The number of ether oxygens (including phenoxy) is 2. The third kappa shape index (κ3) is 4.19. The number of fused-ring (bicyclic) bond motifs is 4. The molecule has 0 radical (unpaired) electrons. The fraction of sp³-hybridized carbons (Fsp3) is 0.310. The van der Waals surface area contributed by atoms with Crippen LogP contribution in [-0.4, -0.2) is 55.9 Å². The van der Waals surface area contributed by atoms with Crippen molar-refractivity contribution in [1.82, 2.24) is 10.2 Å². The van der Waals surface area contributed by atoms with Crippen molar-refractivity contribution in [2.24, 2.45) is 0 Å². The smallest absolute Gasteiger partial charge is 0.325 e. The zero-order chi connectivity index (χ0) is 26.4. The number of urea groups is 1. The minimum Gasteiger partial charge on any atom is -0.493 e. The van der Waals surface area contributed by atoms with E-state index in [1.807, 2.05) is 66.4 Å². The summed E-state index contributed by atoms with van der Waals surface area (Å²) in [5.41, 5.74) is 2.19. The number of nitrogens with one attached hydrogen (secondary N) is 1. The van der Waals surface area contributed by atoms with Gasteiger partial charge in [-0.2, -0.15) is 0 Å². The van der Waals surface area contributed by atoms with Crippen LogP contribution in [0.4, 0.5) is 16.2 Å². The molecule has 0 spiro atoms. The predicted octanol–water partition coefficient (Wildman–Crippen LogP) is 5.08. The maximum absolute atomic E-state index is 13.5. The van der Waals surface area contributed by atoms with Crippen molar-refractivity contribution in [3.63, 3.8) is 0 Å². The van der Waals surface area contributed by atoms with Crippen LogP contribution >= 0.6 is 11.6 Å². The van der Waals surface area contributed by atoms with Gasteiger partial charge < -0.3 is 24.6 Å². The van der Waals surface area contributed by atoms with Crippen molar-refractivity contribution in [1.29, 1.82) is 0 Å². The summed E-state index contributed by atoms with van der Waals surface area (Å²) in [6, 6.07) is 20.2. The first kappa shape index (κ1) is 24.4. The molecule has 3 aromatic rings. The molecule has 1 N–H and O–H groups in total. The lowest BCUT2D eigenvalue weighted by Crippen LogP contribution is -2.65. The first-order valence-electron chi connectivity index (χ1n) is 12.7. The Morgan fingerprint density at radius 1 is 1.03 bits per heavy atom. The van der Waals surface area contributed by atoms with Crippen molar-refractivity contribution >= 4 is 34.9 Å². The highest BCUT2D eigenvalue weighted by atomic mass is 35.5. The van der Waals surface area contributed by atoms with E-state index in [1.165, 1.54) is 0 Å². The Bertz CT molecular complexity index is 1390. The largest absolute Gasteiger partial charge is 0.493 e. The minimum absolute atomic E-state index is 0.0559. The van der Waals surface area contributed by atoms with E-state index in [1.54, 1.807) is 24.1 Å². The van der Waals surface area contributed by atoms with Crippen LogP contribution < -0.4 is 24.6 Å². The predicted molar refractivity (Wildman–Crippen MR) is 146 cm³/mol. The van der Waals surface area contributed by atoms with Gasteiger partial charge in [0.1, 0.15) is 0 Å². The van der Waals surface area contributed by atoms with Crippen LogP contribution in [0.3, 0.4) is 0 Å². The Morgan fingerprint density at radius 2 is 1.76 bits per heavy atom. The molecule has 8 nitrogen and oxygen atoms in total. The third-order valence-corrected chi connectivity index (χ3v) is 7.85. The van der Waals surface area contributed by atoms with E-state index in [0.717, 1.165) is 24.3 Å². The molecular weight excluding hydrogens is 504 g/mol. The van der Waals surface area contributed by atoms with E-state index >= 15 is 0 Å². The number of rotatable bonds is 4. The normalized spacial score (nSPS) is 22.3. The van der Waals surface area contributed by atoms with Gasteiger partial charge in [0.05, 0.1) is 18.8 Å². The summed E-state index contributed by atoms with van der Waals surface area (Å²) in [7, 11) is 1.60. The summed E-state index contributed by atoms with van der Waals surface area (Å²) in [4.78, 5) is 32.5. The highest BCUT2D eigenvalue weighted by molar-refractivity contribution is 6.30. The van der Waals surface area contributed by atoms with Gasteiger partial charge in [0.2, 0.25) is 0 Å². The summed E-state index contributed by atoms with van der Waals surface area (Å²) in [5.74, 6) is 1.19. The van der Waals surface area contributed by atoms with Crippen LogP contribution in [0.25, 0.3) is 0 Å². The zero-order valence-corrected chi connectivity index (χ0v) is 22.1. The molecule has 9 heteroatoms. The van der Waals surface area contributed by atoms with E-state index in [2.05, 4.69) is 10.2 Å². The second-order valence-corrected chi connectivity index (χ2v) is 10.4. The van der Waals surface area contributed by atoms with Gasteiger partial charge in [-0.15, -0.1) is 0 Å². The highest BCUT2D eigenvalue weighted by Gasteiger charge is 2.50. The number of para-hydroxylation sites is 1. The quantitative estimate of drug-likeness (QED) is 0.507. The average molecular weight is 533 g/mol. The molecule has 6 rings (SSSR count). The SMILES string of the molecule is COc1cccc2c1OC1(C)CC2NC(=O)N1c1cccc(C(=O)N2CCN(c3ccc(Cl)cc3)CC2)c1. The molecule has 0 saturated carbocycles. The molecule has 3 heterocycles. The summed E-state index contributed by atoms with van der Waals surface area (Å²) in [6.07, 6.45) is 0.559. The molecular formula is C29H29ClN4O4. The number of halogens is 1. The number of carbonyl (C=O) groups is 2. The fourth-order valence-corrected chi connectivity index (χ4v) is 5.82. The van der Waals surface area contributed by atoms with Crippen LogP contribution in [0.1, 0.15) is 35.3 Å². The maximum atomic E-state index is 13.5. The van der Waals surface area contributed by atoms with E-state index in [-0.39, 0.29) is 18.0 Å². The van der Waals surface area contributed by atoms with Crippen molar-refractivity contribution in [2.75, 3.05) is 43.1 Å². The Kier molecular flexibility index (Phi) is 6.07. The molecule has 2 unspecified atom stereocenters. The van der Waals surface area contributed by atoms with Crippen molar-refractivity contribution in [2.45, 2.75) is 25.1 Å². The lowest BCUT2D eigenvalue weighted by atomic mass is 9.89. The number of anilines is 2. The minimum atomic E-state index is -0.944. The maximum Gasteiger partial charge on any atom is 0.325 e. The molecule has 2 bridgehead atoms. The van der Waals surface area contributed by atoms with Crippen molar-refractivity contribution in [3.8, 4) is 11.5 Å². The molecule has 38 heavy (non-hydrogen) atoms. The first-order valence-corrected chi connectivity index (χ1v) is 13.1. The number of methoxy groups -OCH3 is 1. The standard InChI is InChI=1S/C29H29ClN4O4/c1-29-18-24(23-7-4-8-25(37-2)26(23)38-29)31-28(36)34(29)22-6-3-5-19(17-22)27(35)33-15-13-32(14-16-33)21-11-9-20(30)10-12-21/h3-12,17,24H,13-16,18H2,1-2H3,(H,31,36). The highest BCUT2D eigenvalue weighted by Crippen LogP contribution is 2.49. The topological polar surface area (TPSA) is 74.3 Å². The van der Waals surface area contributed by atoms with Gasteiger partial charge in [-0.05, 0) is 55.5 Å². The molecule has 3 aromatic carbocycles. The summed E-state index contributed by atoms with van der Waals surface area (Å²) >= 11 is 6.02. The summed E-state index contributed by atoms with van der Waals surface area (Å²) in [6.45, 7) is 4.58. The molecule has 196 valence electrons. The van der Waals surface area contributed by atoms with Gasteiger partial charge in [-0.3, -0.25) is 9.69 Å². The van der Waals surface area contributed by atoms with Crippen LogP contribution in [0.15, 0.2) is 66.7 Å². The summed E-state index contributed by atoms with van der Waals surface area (Å²) in [5, 5.41) is 3.81. The van der Waals surface area contributed by atoms with Gasteiger partial charge in [0, 0.05) is 54.4 Å². The Hall–Kier alpha value is -3.91. The van der Waals surface area contributed by atoms with E-state index in [0.29, 0.717) is 47.3 Å². The molecule has 2 atom stereocenters. The molecule has 3 aliphatic heterocycles. The molecule has 3 aliphatic rings. The molecule has 2 saturated heterocycles. The second-order valence-electron chi connectivity index (χ2n) is 10.0. The fourth-order valence-electron chi connectivity index (χ4n) is 5.69. The number of hydrogen-bond acceptors (Lipinski definition) is 5.